The molecular formula is C21H13Cl2F7N4OS. The Morgan fingerprint density at radius 3 is 2.08 bits per heavy atom. The molecule has 1 aromatic heterocycles. The zero-order valence-corrected chi connectivity index (χ0v) is 19.9. The standard InChI is InChI=1S/C21H13Cl2F7N4OS/c22-13-3-10(19(24,20(25,26)27)21(28,29)30)4-14(23)17(13)33-8-9(6-31)15-5-12(16(7-32)36-15)18(35)34-11-1-2-11/h3-6,8,11,31,33H,1-2H2,(H,34,35)/b9-8+,31-6?. The van der Waals surface area contributed by atoms with E-state index in [0.29, 0.717) is 0 Å². The van der Waals surface area contributed by atoms with E-state index < -0.39 is 39.5 Å². The van der Waals surface area contributed by atoms with Crippen LogP contribution in [0.25, 0.3) is 5.57 Å². The second-order valence-electron chi connectivity index (χ2n) is 7.57. The van der Waals surface area contributed by atoms with Crippen LogP contribution in [-0.4, -0.2) is 30.5 Å². The number of anilines is 1. The first-order valence-corrected chi connectivity index (χ1v) is 11.4. The fourth-order valence-corrected chi connectivity index (χ4v) is 4.54. The van der Waals surface area contributed by atoms with Gasteiger partial charge in [-0.05, 0) is 31.0 Å². The number of nitrogens with one attached hydrogen (secondary N) is 3. The van der Waals surface area contributed by atoms with Crippen molar-refractivity contribution >= 4 is 57.9 Å². The molecule has 0 aliphatic heterocycles. The lowest BCUT2D eigenvalue weighted by molar-refractivity contribution is -0.348. The molecule has 0 radical (unpaired) electrons. The summed E-state index contributed by atoms with van der Waals surface area (Å²) in [7, 11) is 0. The fraction of sp³-hybridized carbons (Fsp3) is 0.286. The van der Waals surface area contributed by atoms with Gasteiger partial charge in [0, 0.05) is 34.5 Å². The van der Waals surface area contributed by atoms with Gasteiger partial charge in [0.05, 0.1) is 21.3 Å². The number of hydrogen-bond acceptors (Lipinski definition) is 5. The van der Waals surface area contributed by atoms with Gasteiger partial charge in [-0.15, -0.1) is 11.3 Å². The van der Waals surface area contributed by atoms with Crippen LogP contribution < -0.4 is 10.6 Å². The third-order valence-corrected chi connectivity index (χ3v) is 6.71. The zero-order valence-electron chi connectivity index (χ0n) is 17.5. The first-order valence-electron chi connectivity index (χ1n) is 9.78. The third kappa shape index (κ3) is 5.30. The summed E-state index contributed by atoms with van der Waals surface area (Å²) in [5.41, 5.74) is -7.79. The van der Waals surface area contributed by atoms with E-state index in [1.165, 1.54) is 6.07 Å². The predicted octanol–water partition coefficient (Wildman–Crippen LogP) is 7.21. The Balaban J connectivity index is 1.95. The number of nitrogens with zero attached hydrogens (tertiary/aromatic N) is 1. The van der Waals surface area contributed by atoms with Crippen LogP contribution >= 0.6 is 34.5 Å². The van der Waals surface area contributed by atoms with E-state index in [0.717, 1.165) is 36.6 Å². The molecule has 0 spiro atoms. The number of hydrogen-bond donors (Lipinski definition) is 3. The molecule has 1 heterocycles. The average Bonchev–Trinajstić information content (AvgIpc) is 3.48. The number of rotatable bonds is 7. The van der Waals surface area contributed by atoms with Crippen molar-refractivity contribution in [2.45, 2.75) is 36.9 Å². The number of nitriles is 1. The molecule has 1 aromatic carbocycles. The summed E-state index contributed by atoms with van der Waals surface area (Å²) in [6, 6.07) is 3.55. The van der Waals surface area contributed by atoms with Crippen LogP contribution in [0.15, 0.2) is 24.4 Å². The lowest BCUT2D eigenvalue weighted by atomic mass is 9.94. The maximum atomic E-state index is 14.4. The minimum absolute atomic E-state index is 0.0248. The smallest absolute Gasteiger partial charge is 0.359 e. The number of alkyl halides is 7. The maximum Gasteiger partial charge on any atom is 0.435 e. The minimum atomic E-state index is -6.35. The number of carbonyl (C=O) groups excluding carboxylic acids is 1. The number of thiophene rings is 1. The number of allylic oxidation sites excluding steroid dienone is 1. The molecule has 36 heavy (non-hydrogen) atoms. The summed E-state index contributed by atoms with van der Waals surface area (Å²) >= 11 is 12.5. The van der Waals surface area contributed by atoms with E-state index in [1.54, 1.807) is 0 Å². The van der Waals surface area contributed by atoms with Gasteiger partial charge >= 0.3 is 18.0 Å². The van der Waals surface area contributed by atoms with Gasteiger partial charge in [-0.2, -0.15) is 31.6 Å². The highest BCUT2D eigenvalue weighted by Gasteiger charge is 2.73. The van der Waals surface area contributed by atoms with E-state index in [9.17, 15) is 40.8 Å². The second kappa shape index (κ2) is 9.91. The molecule has 15 heteroatoms. The van der Waals surface area contributed by atoms with E-state index in [2.05, 4.69) is 10.6 Å². The Kier molecular flexibility index (Phi) is 7.64. The Morgan fingerprint density at radius 1 is 1.08 bits per heavy atom. The number of halogens is 9. The van der Waals surface area contributed by atoms with Crippen molar-refractivity contribution in [2.75, 3.05) is 5.32 Å². The van der Waals surface area contributed by atoms with Crippen LogP contribution in [0.4, 0.5) is 36.4 Å². The third-order valence-electron chi connectivity index (χ3n) is 5.02. The normalized spacial score (nSPS) is 14.8. The van der Waals surface area contributed by atoms with Gasteiger partial charge in [0.25, 0.3) is 5.91 Å². The van der Waals surface area contributed by atoms with Gasteiger partial charge in [-0.25, -0.2) is 4.39 Å². The number of benzene rings is 1. The van der Waals surface area contributed by atoms with Crippen molar-refractivity contribution in [3.8, 4) is 6.07 Å². The summed E-state index contributed by atoms with van der Waals surface area (Å²) in [4.78, 5) is 12.7. The molecule has 0 saturated heterocycles. The van der Waals surface area contributed by atoms with E-state index in [4.69, 9.17) is 28.6 Å². The predicted molar refractivity (Wildman–Crippen MR) is 121 cm³/mol. The molecule has 192 valence electrons. The van der Waals surface area contributed by atoms with Crippen molar-refractivity contribution in [3.63, 3.8) is 0 Å². The largest absolute Gasteiger partial charge is 0.435 e. The summed E-state index contributed by atoms with van der Waals surface area (Å²) in [5, 5.41) is 20.6. The summed E-state index contributed by atoms with van der Waals surface area (Å²) in [6.45, 7) is 0. The van der Waals surface area contributed by atoms with Crippen molar-refractivity contribution in [1.29, 1.82) is 10.7 Å². The Bertz CT molecular complexity index is 1240. The lowest BCUT2D eigenvalue weighted by Gasteiger charge is -2.30. The van der Waals surface area contributed by atoms with Crippen LogP contribution in [0.5, 0.6) is 0 Å². The zero-order chi connectivity index (χ0) is 27.1. The topological polar surface area (TPSA) is 88.8 Å². The SMILES string of the molecule is N#Cc1sc(/C(C=N)=C/Nc2c(Cl)cc(C(F)(C(F)(F)F)C(F)(F)F)cc2Cl)cc1C(=O)NC1CC1. The monoisotopic (exact) mass is 572 g/mol. The number of amides is 1. The molecule has 5 nitrogen and oxygen atoms in total. The quantitative estimate of drug-likeness (QED) is 0.242. The van der Waals surface area contributed by atoms with E-state index in [1.807, 2.05) is 6.07 Å². The molecule has 0 bridgehead atoms. The molecule has 0 atom stereocenters. The molecule has 1 saturated carbocycles. The fourth-order valence-electron chi connectivity index (χ4n) is 3.01. The lowest BCUT2D eigenvalue weighted by Crippen LogP contribution is -2.50. The van der Waals surface area contributed by atoms with Crippen LogP contribution in [0, 0.1) is 16.7 Å². The molecule has 1 amide bonds. The van der Waals surface area contributed by atoms with Crippen molar-refractivity contribution in [1.82, 2.24) is 5.32 Å². The molecule has 1 aliphatic carbocycles. The Morgan fingerprint density at radius 2 is 1.64 bits per heavy atom. The summed E-state index contributed by atoms with van der Waals surface area (Å²) in [6.07, 6.45) is -9.15. The second-order valence-corrected chi connectivity index (χ2v) is 9.44. The molecule has 3 rings (SSSR count). The van der Waals surface area contributed by atoms with E-state index in [-0.39, 0.29) is 44.8 Å². The molecule has 0 unspecified atom stereocenters. The van der Waals surface area contributed by atoms with Gasteiger partial charge in [-0.3, -0.25) is 4.79 Å². The Hall–Kier alpha value is -2.82. The first kappa shape index (κ1) is 27.8. The van der Waals surface area contributed by atoms with Crippen LogP contribution in [0.1, 0.15) is 38.5 Å². The molecule has 1 fully saturated rings. The van der Waals surface area contributed by atoms with Crippen LogP contribution in [0.2, 0.25) is 10.0 Å². The highest BCUT2D eigenvalue weighted by atomic mass is 35.5. The number of carbonyl (C=O) groups is 1. The average molecular weight is 573 g/mol. The highest BCUT2D eigenvalue weighted by Crippen LogP contribution is 2.54. The molecule has 1 aliphatic rings. The highest BCUT2D eigenvalue weighted by molar-refractivity contribution is 7.14. The van der Waals surface area contributed by atoms with Gasteiger partial charge in [-0.1, -0.05) is 23.2 Å². The molecule has 3 N–H and O–H groups in total. The van der Waals surface area contributed by atoms with Crippen LogP contribution in [0.3, 0.4) is 0 Å². The van der Waals surface area contributed by atoms with Gasteiger partial charge in [0.15, 0.2) is 0 Å². The Labute approximate surface area is 213 Å². The van der Waals surface area contributed by atoms with Gasteiger partial charge in [0.2, 0.25) is 0 Å². The van der Waals surface area contributed by atoms with Gasteiger partial charge < -0.3 is 16.0 Å². The molecule has 2 aromatic rings. The van der Waals surface area contributed by atoms with E-state index >= 15 is 0 Å². The first-order chi connectivity index (χ1) is 16.6. The maximum absolute atomic E-state index is 14.4. The van der Waals surface area contributed by atoms with Gasteiger partial charge in [0.1, 0.15) is 10.9 Å². The van der Waals surface area contributed by atoms with Crippen molar-refractivity contribution < 1.29 is 35.5 Å². The summed E-state index contributed by atoms with van der Waals surface area (Å²) < 4.78 is 92.7. The van der Waals surface area contributed by atoms with Crippen molar-refractivity contribution in [3.05, 3.63) is 55.3 Å². The minimum Gasteiger partial charge on any atom is -0.359 e. The van der Waals surface area contributed by atoms with Crippen LogP contribution in [-0.2, 0) is 5.67 Å². The molecular weight excluding hydrogens is 560 g/mol. The summed E-state index contributed by atoms with van der Waals surface area (Å²) in [5.74, 6) is -0.473. The van der Waals surface area contributed by atoms with Crippen molar-refractivity contribution in [2.24, 2.45) is 0 Å².